The number of rotatable bonds is 6. The summed E-state index contributed by atoms with van der Waals surface area (Å²) in [5.41, 5.74) is -2.89. The van der Waals surface area contributed by atoms with Crippen molar-refractivity contribution in [3.8, 4) is 5.75 Å². The lowest BCUT2D eigenvalue weighted by molar-refractivity contribution is -0.139. The van der Waals surface area contributed by atoms with Gasteiger partial charge >= 0.3 is 24.5 Å². The Balaban J connectivity index is 1.52. The summed E-state index contributed by atoms with van der Waals surface area (Å²) >= 11 is 0. The molecule has 2 heterocycles. The number of guanidine groups is 1. The molecule has 1 atom stereocenters. The minimum Gasteiger partial charge on any atom is -0.489 e. The number of benzene rings is 2. The van der Waals surface area contributed by atoms with Gasteiger partial charge in [-0.3, -0.25) is 10.3 Å². The Morgan fingerprint density at radius 2 is 1.69 bits per heavy atom. The van der Waals surface area contributed by atoms with E-state index in [-0.39, 0.29) is 30.2 Å². The molecule has 282 valence electrons. The molecular weight excluding hydrogens is 696 g/mol. The number of nitrogens with one attached hydrogen (secondary N) is 2. The Morgan fingerprint density at radius 3 is 2.35 bits per heavy atom. The molecule has 1 unspecified atom stereocenters. The van der Waals surface area contributed by atoms with Crippen LogP contribution in [0.2, 0.25) is 0 Å². The van der Waals surface area contributed by atoms with Crippen molar-refractivity contribution in [2.24, 2.45) is 9.98 Å². The molecule has 16 heteroatoms. The van der Waals surface area contributed by atoms with E-state index in [1.165, 1.54) is 36.4 Å². The highest BCUT2D eigenvalue weighted by Crippen LogP contribution is 2.38. The van der Waals surface area contributed by atoms with Crippen molar-refractivity contribution in [2.45, 2.75) is 84.0 Å². The minimum absolute atomic E-state index is 0.125. The molecule has 2 N–H and O–H groups in total. The van der Waals surface area contributed by atoms with Gasteiger partial charge in [0.25, 0.3) is 0 Å². The highest BCUT2D eigenvalue weighted by atomic mass is 19.4. The van der Waals surface area contributed by atoms with Gasteiger partial charge in [-0.15, -0.1) is 4.99 Å². The van der Waals surface area contributed by atoms with E-state index in [2.05, 4.69) is 20.6 Å². The zero-order valence-corrected chi connectivity index (χ0v) is 29.5. The first-order valence-corrected chi connectivity index (χ1v) is 16.4. The molecule has 10 nitrogen and oxygen atoms in total. The lowest BCUT2D eigenvalue weighted by Gasteiger charge is -2.31. The molecule has 2 aliphatic heterocycles. The molecule has 0 spiro atoms. The summed E-state index contributed by atoms with van der Waals surface area (Å²) in [6.45, 7) is 10.2. The summed E-state index contributed by atoms with van der Waals surface area (Å²) in [6.07, 6.45) is -5.75. The molecule has 0 radical (unpaired) electrons. The van der Waals surface area contributed by atoms with Gasteiger partial charge in [0.1, 0.15) is 29.4 Å². The van der Waals surface area contributed by atoms with E-state index < -0.39 is 58.7 Å². The van der Waals surface area contributed by atoms with E-state index in [9.17, 15) is 35.9 Å². The van der Waals surface area contributed by atoms with Crippen molar-refractivity contribution in [3.05, 3.63) is 76.9 Å². The summed E-state index contributed by atoms with van der Waals surface area (Å²) in [5.74, 6) is -0.213. The molecule has 2 aromatic rings. The molecule has 4 rings (SSSR count). The largest absolute Gasteiger partial charge is 0.489 e. The van der Waals surface area contributed by atoms with Crippen LogP contribution in [0.15, 0.2) is 64.6 Å². The Bertz CT molecular complexity index is 1750. The summed E-state index contributed by atoms with van der Waals surface area (Å²) < 4.78 is 97.8. The lowest BCUT2D eigenvalue weighted by Crippen LogP contribution is -2.52. The molecule has 0 aromatic heterocycles. The molecule has 0 aliphatic carbocycles. The number of aliphatic imine (C=N–C) groups is 2. The van der Waals surface area contributed by atoms with Crippen LogP contribution < -0.4 is 15.4 Å². The van der Waals surface area contributed by atoms with Gasteiger partial charge in [0, 0.05) is 12.2 Å². The smallest absolute Gasteiger partial charge is 0.437 e. The van der Waals surface area contributed by atoms with Crippen molar-refractivity contribution in [1.82, 2.24) is 15.5 Å². The van der Waals surface area contributed by atoms with E-state index >= 15 is 0 Å². The van der Waals surface area contributed by atoms with E-state index in [1.54, 1.807) is 52.5 Å². The topological polar surface area (TPSA) is 114 Å². The van der Waals surface area contributed by atoms with Crippen LogP contribution >= 0.6 is 0 Å². The fourth-order valence-electron chi connectivity index (χ4n) is 5.26. The second-order valence-corrected chi connectivity index (χ2v) is 13.9. The number of hydrogen-bond donors (Lipinski definition) is 2. The molecule has 1 saturated heterocycles. The Kier molecular flexibility index (Phi) is 12.0. The van der Waals surface area contributed by atoms with Crippen LogP contribution in [0.1, 0.15) is 76.6 Å². The zero-order valence-electron chi connectivity index (χ0n) is 29.5. The lowest BCUT2D eigenvalue weighted by atomic mass is 10.0. The van der Waals surface area contributed by atoms with E-state index in [0.29, 0.717) is 30.9 Å². The maximum absolute atomic E-state index is 14.2. The zero-order chi connectivity index (χ0) is 38.5. The second-order valence-electron chi connectivity index (χ2n) is 13.9. The van der Waals surface area contributed by atoms with Crippen molar-refractivity contribution in [2.75, 3.05) is 19.7 Å². The SMILES string of the molecule is CC(C)(C)OC(=O)N=C(NC(=O)OC(C)(C)C)N1CCCC1C1=NCC=C(c2ccc(OC/C=C/c3cccc(C(F)(F)F)c3)c(C(F)(F)F)c2)N1. The molecule has 2 aromatic carbocycles. The van der Waals surface area contributed by atoms with Gasteiger partial charge in [0.2, 0.25) is 5.96 Å². The number of halogens is 6. The monoisotopic (exact) mass is 737 g/mol. The predicted octanol–water partition coefficient (Wildman–Crippen LogP) is 8.44. The number of nitrogens with zero attached hydrogens (tertiary/aromatic N) is 3. The molecule has 0 saturated carbocycles. The minimum atomic E-state index is -4.80. The average Bonchev–Trinajstić information content (AvgIpc) is 3.51. The van der Waals surface area contributed by atoms with Gasteiger partial charge in [-0.2, -0.15) is 26.3 Å². The third-order valence-corrected chi connectivity index (χ3v) is 7.32. The Hall–Kier alpha value is -5.02. The first-order chi connectivity index (χ1) is 24.1. The normalized spacial score (nSPS) is 17.3. The van der Waals surface area contributed by atoms with Gasteiger partial charge in [0.15, 0.2) is 0 Å². The van der Waals surface area contributed by atoms with E-state index in [0.717, 1.165) is 18.2 Å². The van der Waals surface area contributed by atoms with Crippen LogP contribution in [0, 0.1) is 0 Å². The number of alkyl halides is 6. The average molecular weight is 738 g/mol. The van der Waals surface area contributed by atoms with Gasteiger partial charge in [-0.25, -0.2) is 9.59 Å². The summed E-state index contributed by atoms with van der Waals surface area (Å²) in [6, 6.07) is 7.50. The number of amides is 2. The fraction of sp³-hybridized carbons (Fsp3) is 0.444. The third-order valence-electron chi connectivity index (χ3n) is 7.32. The van der Waals surface area contributed by atoms with Crippen LogP contribution in [0.3, 0.4) is 0 Å². The maximum Gasteiger partial charge on any atom is 0.437 e. The van der Waals surface area contributed by atoms with Crippen LogP contribution in [0.5, 0.6) is 5.75 Å². The summed E-state index contributed by atoms with van der Waals surface area (Å²) in [4.78, 5) is 35.7. The van der Waals surface area contributed by atoms with Crippen LogP contribution in [-0.2, 0) is 21.8 Å². The van der Waals surface area contributed by atoms with Gasteiger partial charge in [0.05, 0.1) is 23.7 Å². The van der Waals surface area contributed by atoms with Gasteiger partial charge in [-0.05, 0) is 108 Å². The van der Waals surface area contributed by atoms with E-state index in [4.69, 9.17) is 14.2 Å². The van der Waals surface area contributed by atoms with Crippen LogP contribution in [0.25, 0.3) is 11.8 Å². The molecule has 0 bridgehead atoms. The van der Waals surface area contributed by atoms with Crippen molar-refractivity contribution < 1.29 is 50.1 Å². The first-order valence-electron chi connectivity index (χ1n) is 16.4. The number of alkyl carbamates (subject to hydrolysis) is 1. The maximum atomic E-state index is 14.2. The van der Waals surface area contributed by atoms with E-state index in [1.807, 2.05) is 0 Å². The number of carbonyl (C=O) groups is 2. The molecule has 52 heavy (non-hydrogen) atoms. The number of carbonyl (C=O) groups excluding carboxylic acids is 2. The second kappa shape index (κ2) is 15.7. The summed E-state index contributed by atoms with van der Waals surface area (Å²) in [5, 5.41) is 5.66. The van der Waals surface area contributed by atoms with Gasteiger partial charge < -0.3 is 24.4 Å². The third kappa shape index (κ3) is 11.5. The Labute approximate surface area is 297 Å². The Morgan fingerprint density at radius 1 is 0.981 bits per heavy atom. The van der Waals surface area contributed by atoms with Crippen molar-refractivity contribution >= 4 is 35.8 Å². The number of hydrogen-bond acceptors (Lipinski definition) is 7. The van der Waals surface area contributed by atoms with Crippen molar-refractivity contribution in [1.29, 1.82) is 0 Å². The fourth-order valence-corrected chi connectivity index (χ4v) is 5.26. The quantitative estimate of drug-likeness (QED) is 0.174. The predicted molar refractivity (Wildman–Crippen MR) is 184 cm³/mol. The molecular formula is C36H41F6N5O5. The molecule has 1 fully saturated rings. The van der Waals surface area contributed by atoms with Crippen molar-refractivity contribution in [3.63, 3.8) is 0 Å². The highest BCUT2D eigenvalue weighted by molar-refractivity contribution is 6.03. The molecule has 2 aliphatic rings. The standard InChI is InChI=1S/C36H41F6N5O5/c1-33(2,3)51-31(48)45-30(46-32(49)52-34(4,5)6)47-18-8-13-27(47)29-43-17-16-26(44-29)23-14-15-28(25(21-23)36(40,41)42)50-19-9-11-22-10-7-12-24(20-22)35(37,38)39/h7,9-12,14-16,20-21,27H,8,13,17-19H2,1-6H3,(H,43,44)(H,45,46,48,49)/b11-9+. The molecule has 2 amide bonds. The number of amidine groups is 1. The van der Waals surface area contributed by atoms with Crippen LogP contribution in [0.4, 0.5) is 35.9 Å². The number of likely N-dealkylation sites (tertiary alicyclic amines) is 1. The number of ether oxygens (including phenoxy) is 3. The van der Waals surface area contributed by atoms with Crippen LogP contribution in [-0.4, -0.2) is 65.8 Å². The van der Waals surface area contributed by atoms with Gasteiger partial charge in [-0.1, -0.05) is 18.2 Å². The summed E-state index contributed by atoms with van der Waals surface area (Å²) in [7, 11) is 0. The first kappa shape index (κ1) is 39.8. The highest BCUT2D eigenvalue weighted by Gasteiger charge is 2.37.